The third kappa shape index (κ3) is 2.33. The first-order valence-corrected chi connectivity index (χ1v) is 11.3. The maximum absolute atomic E-state index is 14.4. The molecule has 0 saturated heterocycles. The van der Waals surface area contributed by atoms with Gasteiger partial charge in [0.1, 0.15) is 0 Å². The topological polar surface area (TPSA) is 38.9 Å². The van der Waals surface area contributed by atoms with Crippen LogP contribution in [0.25, 0.3) is 11.0 Å². The van der Waals surface area contributed by atoms with Crippen LogP contribution in [0.2, 0.25) is 0 Å². The molecule has 0 radical (unpaired) electrons. The van der Waals surface area contributed by atoms with Gasteiger partial charge in [0.15, 0.2) is 22.7 Å². The van der Waals surface area contributed by atoms with E-state index in [4.69, 9.17) is 4.63 Å². The van der Waals surface area contributed by atoms with Crippen molar-refractivity contribution in [1.82, 2.24) is 10.3 Å². The molecule has 108 valence electrons. The summed E-state index contributed by atoms with van der Waals surface area (Å²) in [6.07, 6.45) is 11.3. The zero-order valence-electron chi connectivity index (χ0n) is 11.9. The number of hydrogen-bond donors (Lipinski definition) is 0. The van der Waals surface area contributed by atoms with Gasteiger partial charge in [-0.05, 0) is 47.8 Å². The molecule has 1 aromatic carbocycles. The summed E-state index contributed by atoms with van der Waals surface area (Å²) in [5.74, 6) is -1.61. The van der Waals surface area contributed by atoms with Crippen LogP contribution in [0, 0.1) is 11.6 Å². The Labute approximate surface area is 114 Å². The second kappa shape index (κ2) is 4.34. The Morgan fingerprint density at radius 1 is 0.737 bits per heavy atom. The molecule has 0 saturated carbocycles. The van der Waals surface area contributed by atoms with E-state index in [-0.39, 0.29) is 0 Å². The van der Waals surface area contributed by atoms with E-state index in [1.807, 2.05) is 37.5 Å². The molecule has 0 unspecified atom stereocenters. The maximum Gasteiger partial charge on any atom is 0.174 e. The highest BCUT2D eigenvalue weighted by Crippen LogP contribution is 2.56. The molecule has 0 amide bonds. The summed E-state index contributed by atoms with van der Waals surface area (Å²) < 4.78 is 33.6. The molecule has 0 fully saturated rings. The molecular formula is C12H18F2N2OS2. The smallest absolute Gasteiger partial charge is 0.174 e. The first-order valence-electron chi connectivity index (χ1n) is 5.55. The summed E-state index contributed by atoms with van der Waals surface area (Å²) in [4.78, 5) is 0.599. The van der Waals surface area contributed by atoms with Crippen molar-refractivity contribution in [3.63, 3.8) is 0 Å². The van der Waals surface area contributed by atoms with Crippen LogP contribution in [-0.4, -0.2) is 47.8 Å². The fourth-order valence-electron chi connectivity index (χ4n) is 2.01. The monoisotopic (exact) mass is 308 g/mol. The quantitative estimate of drug-likeness (QED) is 0.851. The lowest BCUT2D eigenvalue weighted by Gasteiger charge is -2.30. The van der Waals surface area contributed by atoms with Crippen LogP contribution < -0.4 is 0 Å². The molecule has 1 aromatic heterocycles. The van der Waals surface area contributed by atoms with Gasteiger partial charge in [0.25, 0.3) is 0 Å². The third-order valence-corrected chi connectivity index (χ3v) is 5.93. The van der Waals surface area contributed by atoms with Crippen LogP contribution in [0.1, 0.15) is 0 Å². The highest BCUT2D eigenvalue weighted by atomic mass is 32.3. The minimum atomic E-state index is -1.48. The summed E-state index contributed by atoms with van der Waals surface area (Å²) in [6, 6.07) is 0. The van der Waals surface area contributed by atoms with Crippen molar-refractivity contribution in [3.05, 3.63) is 11.6 Å². The predicted octanol–water partition coefficient (Wildman–Crippen LogP) is 3.61. The first-order chi connectivity index (χ1) is 8.55. The highest BCUT2D eigenvalue weighted by molar-refractivity contribution is 8.32. The Balaban J connectivity index is 2.99. The number of fused-ring (bicyclic) bond motifs is 1. The molecule has 0 aliphatic heterocycles. The van der Waals surface area contributed by atoms with Gasteiger partial charge in [0, 0.05) is 0 Å². The maximum atomic E-state index is 14.4. The Morgan fingerprint density at radius 2 is 1.05 bits per heavy atom. The van der Waals surface area contributed by atoms with Gasteiger partial charge < -0.3 is 0 Å². The average Bonchev–Trinajstić information content (AvgIpc) is 2.62. The number of halogens is 2. The van der Waals surface area contributed by atoms with Gasteiger partial charge in [0.05, 0.1) is 9.79 Å². The molecule has 0 bridgehead atoms. The molecule has 3 nitrogen and oxygen atoms in total. The number of nitrogens with zero attached hydrogens (tertiary/aromatic N) is 2. The zero-order valence-corrected chi connectivity index (χ0v) is 13.5. The number of hydrogen-bond acceptors (Lipinski definition) is 3. The zero-order chi connectivity index (χ0) is 14.6. The van der Waals surface area contributed by atoms with E-state index in [9.17, 15) is 8.78 Å². The molecule has 2 rings (SSSR count). The minimum absolute atomic E-state index is 0.300. The van der Waals surface area contributed by atoms with Gasteiger partial charge >= 0.3 is 0 Å². The fourth-order valence-corrected chi connectivity index (χ4v) is 4.69. The molecule has 0 aliphatic rings. The van der Waals surface area contributed by atoms with Crippen molar-refractivity contribution in [3.8, 4) is 0 Å². The van der Waals surface area contributed by atoms with E-state index in [2.05, 4.69) is 10.3 Å². The van der Waals surface area contributed by atoms with Crippen molar-refractivity contribution in [2.75, 3.05) is 37.5 Å². The second-order valence-electron chi connectivity index (χ2n) is 5.92. The Kier molecular flexibility index (Phi) is 3.33. The Bertz CT molecular complexity index is 588. The number of rotatable bonds is 2. The minimum Gasteiger partial charge on any atom is -0.243 e. The summed E-state index contributed by atoms with van der Waals surface area (Å²) in [5.41, 5.74) is 0.720. The van der Waals surface area contributed by atoms with E-state index in [0.717, 1.165) is 0 Å². The van der Waals surface area contributed by atoms with Crippen molar-refractivity contribution < 1.29 is 13.4 Å². The molecule has 0 spiro atoms. The number of benzene rings is 1. The fraction of sp³-hybridized carbons (Fsp3) is 0.500. The van der Waals surface area contributed by atoms with E-state index >= 15 is 0 Å². The summed E-state index contributed by atoms with van der Waals surface area (Å²) in [5, 5.41) is 7.61. The summed E-state index contributed by atoms with van der Waals surface area (Å²) in [7, 11) is -2.97. The summed E-state index contributed by atoms with van der Waals surface area (Å²) >= 11 is 0. The second-order valence-corrected chi connectivity index (χ2v) is 14.1. The van der Waals surface area contributed by atoms with E-state index in [0.29, 0.717) is 20.8 Å². The van der Waals surface area contributed by atoms with Gasteiger partial charge in [-0.25, -0.2) is 33.5 Å². The largest absolute Gasteiger partial charge is 0.243 e. The van der Waals surface area contributed by atoms with Gasteiger partial charge in [-0.15, -0.1) is 0 Å². The van der Waals surface area contributed by atoms with Crippen molar-refractivity contribution in [1.29, 1.82) is 0 Å². The van der Waals surface area contributed by atoms with Crippen molar-refractivity contribution >= 4 is 31.1 Å². The Hall–Kier alpha value is -0.820. The van der Waals surface area contributed by atoms with E-state index in [1.54, 1.807) is 0 Å². The van der Waals surface area contributed by atoms with Crippen LogP contribution in [0.5, 0.6) is 0 Å². The van der Waals surface area contributed by atoms with Gasteiger partial charge in [-0.1, -0.05) is 0 Å². The predicted molar refractivity (Wildman–Crippen MR) is 79.0 cm³/mol. The Morgan fingerprint density at radius 3 is 1.32 bits per heavy atom. The molecule has 0 N–H and O–H groups in total. The third-order valence-electron chi connectivity index (χ3n) is 2.73. The summed E-state index contributed by atoms with van der Waals surface area (Å²) in [6.45, 7) is 0. The lowest BCUT2D eigenvalue weighted by molar-refractivity contribution is 0.314. The van der Waals surface area contributed by atoms with Crippen LogP contribution in [0.3, 0.4) is 0 Å². The highest BCUT2D eigenvalue weighted by Gasteiger charge is 2.31. The molecule has 19 heavy (non-hydrogen) atoms. The van der Waals surface area contributed by atoms with Crippen LogP contribution >= 0.6 is 20.1 Å². The SMILES string of the molecule is CS(C)(C)c1c(F)c(F)c(S(C)(C)C)c2nonc12. The molecule has 2 aromatic rings. The molecule has 7 heteroatoms. The first kappa shape index (κ1) is 14.6. The van der Waals surface area contributed by atoms with Crippen LogP contribution in [0.4, 0.5) is 8.78 Å². The molecule has 1 heterocycles. The van der Waals surface area contributed by atoms with Crippen LogP contribution in [0.15, 0.2) is 14.4 Å². The van der Waals surface area contributed by atoms with Gasteiger partial charge in [0.2, 0.25) is 0 Å². The molecular weight excluding hydrogens is 290 g/mol. The average molecular weight is 308 g/mol. The molecule has 0 aliphatic carbocycles. The van der Waals surface area contributed by atoms with Gasteiger partial charge in [-0.2, -0.15) is 0 Å². The van der Waals surface area contributed by atoms with E-state index < -0.39 is 31.7 Å². The number of aromatic nitrogens is 2. The van der Waals surface area contributed by atoms with Crippen LogP contribution in [-0.2, 0) is 0 Å². The van der Waals surface area contributed by atoms with Gasteiger partial charge in [-0.3, -0.25) is 0 Å². The van der Waals surface area contributed by atoms with E-state index in [1.165, 1.54) is 0 Å². The lowest BCUT2D eigenvalue weighted by atomic mass is 10.3. The normalized spacial score (nSPS) is 14.9. The standard InChI is InChI=1S/C12H18F2N2OS2/c1-18(2,3)11-7(13)8(14)12(19(4,5)6)10-9(11)15-17-16-10/h1-6H3. The molecule has 0 atom stereocenters. The van der Waals surface area contributed by atoms with Crippen molar-refractivity contribution in [2.45, 2.75) is 9.79 Å². The lowest BCUT2D eigenvalue weighted by Crippen LogP contribution is -2.07. The van der Waals surface area contributed by atoms with Crippen molar-refractivity contribution in [2.24, 2.45) is 0 Å².